The van der Waals surface area contributed by atoms with Crippen LogP contribution in [-0.2, 0) is 22.7 Å². The fourth-order valence-corrected chi connectivity index (χ4v) is 4.91. The van der Waals surface area contributed by atoms with Gasteiger partial charge >= 0.3 is 0 Å². The van der Waals surface area contributed by atoms with Crippen molar-refractivity contribution in [2.75, 3.05) is 26.7 Å². The third-order valence-electron chi connectivity index (χ3n) is 7.00. The van der Waals surface area contributed by atoms with Crippen LogP contribution >= 0.6 is 0 Å². The predicted molar refractivity (Wildman–Crippen MR) is 135 cm³/mol. The lowest BCUT2D eigenvalue weighted by atomic mass is 9.97. The number of carbonyl (C=O) groups is 3. The lowest BCUT2D eigenvalue weighted by Crippen LogP contribution is -2.46. The van der Waals surface area contributed by atoms with Crippen LogP contribution in [0.25, 0.3) is 0 Å². The molecule has 0 radical (unpaired) electrons. The van der Waals surface area contributed by atoms with Gasteiger partial charge in [0.25, 0.3) is 5.91 Å². The molecule has 1 aromatic heterocycles. The molecular weight excluding hydrogens is 456 g/mol. The number of hydrogen-bond acceptors (Lipinski definition) is 6. The molecule has 1 saturated heterocycles. The van der Waals surface area contributed by atoms with Crippen LogP contribution in [0.5, 0.6) is 5.75 Å². The Morgan fingerprint density at radius 3 is 2.78 bits per heavy atom. The number of piperidine rings is 1. The van der Waals surface area contributed by atoms with Crippen molar-refractivity contribution in [1.29, 1.82) is 0 Å². The second kappa shape index (κ2) is 11.8. The maximum absolute atomic E-state index is 13.1. The third kappa shape index (κ3) is 5.74. The Hall–Kier alpha value is -3.70. The summed E-state index contributed by atoms with van der Waals surface area (Å²) in [5.41, 5.74) is 3.17. The SMILES string of the molecule is C#Cc1ccc(CN2CCC(COc3cccc4c3CN(C(CCC=O)C(=O)NC)C4=O)CC2)cn1. The zero-order valence-corrected chi connectivity index (χ0v) is 20.6. The first-order valence-electron chi connectivity index (χ1n) is 12.4. The Balaban J connectivity index is 1.33. The highest BCUT2D eigenvalue weighted by atomic mass is 16.5. The minimum atomic E-state index is -0.685. The summed E-state index contributed by atoms with van der Waals surface area (Å²) >= 11 is 0. The number of nitrogens with one attached hydrogen (secondary N) is 1. The molecule has 1 aromatic carbocycles. The number of aromatic nitrogens is 1. The monoisotopic (exact) mass is 488 g/mol. The molecule has 2 aliphatic rings. The van der Waals surface area contributed by atoms with Crippen molar-refractivity contribution in [3.8, 4) is 18.1 Å². The number of pyridine rings is 1. The number of aldehydes is 1. The predicted octanol–water partition coefficient (Wildman–Crippen LogP) is 2.40. The highest BCUT2D eigenvalue weighted by Gasteiger charge is 2.37. The van der Waals surface area contributed by atoms with Crippen LogP contribution in [0.2, 0.25) is 0 Å². The van der Waals surface area contributed by atoms with Crippen molar-refractivity contribution >= 4 is 18.1 Å². The fraction of sp³-hybridized carbons (Fsp3) is 0.429. The molecule has 3 heterocycles. The molecule has 2 amide bonds. The number of hydrogen-bond donors (Lipinski definition) is 1. The summed E-state index contributed by atoms with van der Waals surface area (Å²) in [5, 5.41) is 2.61. The van der Waals surface area contributed by atoms with Crippen LogP contribution in [0.15, 0.2) is 36.5 Å². The maximum atomic E-state index is 13.1. The van der Waals surface area contributed by atoms with Crippen LogP contribution in [0.4, 0.5) is 0 Å². The number of terminal acetylenes is 1. The Labute approximate surface area is 212 Å². The third-order valence-corrected chi connectivity index (χ3v) is 7.00. The highest BCUT2D eigenvalue weighted by Crippen LogP contribution is 2.33. The second-order valence-corrected chi connectivity index (χ2v) is 9.32. The van der Waals surface area contributed by atoms with Gasteiger partial charge in [-0.15, -0.1) is 6.42 Å². The number of fused-ring (bicyclic) bond motifs is 1. The van der Waals surface area contributed by atoms with Crippen LogP contribution in [-0.4, -0.2) is 65.7 Å². The lowest BCUT2D eigenvalue weighted by Gasteiger charge is -2.32. The molecule has 4 rings (SSSR count). The van der Waals surface area contributed by atoms with Gasteiger partial charge in [-0.3, -0.25) is 14.5 Å². The molecule has 36 heavy (non-hydrogen) atoms. The number of amides is 2. The average molecular weight is 489 g/mol. The zero-order valence-electron chi connectivity index (χ0n) is 20.6. The number of rotatable bonds is 10. The summed E-state index contributed by atoms with van der Waals surface area (Å²) in [5.74, 6) is 3.19. The van der Waals surface area contributed by atoms with Gasteiger partial charge in [0.15, 0.2) is 0 Å². The Morgan fingerprint density at radius 1 is 1.31 bits per heavy atom. The molecule has 1 unspecified atom stereocenters. The summed E-state index contributed by atoms with van der Waals surface area (Å²) in [6.07, 6.45) is 10.6. The molecule has 0 aliphatic carbocycles. The number of ether oxygens (including phenoxy) is 1. The van der Waals surface area contributed by atoms with E-state index in [2.05, 4.69) is 21.1 Å². The van der Waals surface area contributed by atoms with Gasteiger partial charge in [0.05, 0.1) is 13.2 Å². The van der Waals surface area contributed by atoms with E-state index in [0.29, 0.717) is 42.5 Å². The van der Waals surface area contributed by atoms with E-state index in [-0.39, 0.29) is 18.2 Å². The first-order valence-corrected chi connectivity index (χ1v) is 12.4. The molecule has 8 nitrogen and oxygen atoms in total. The lowest BCUT2D eigenvalue weighted by molar-refractivity contribution is -0.125. The Bertz CT molecular complexity index is 1130. The normalized spacial score (nSPS) is 16.8. The minimum Gasteiger partial charge on any atom is -0.493 e. The van der Waals surface area contributed by atoms with Gasteiger partial charge in [-0.1, -0.05) is 18.1 Å². The molecule has 0 bridgehead atoms. The van der Waals surface area contributed by atoms with E-state index >= 15 is 0 Å². The van der Waals surface area contributed by atoms with Gasteiger partial charge in [-0.25, -0.2) is 4.98 Å². The Morgan fingerprint density at radius 2 is 2.11 bits per heavy atom. The van der Waals surface area contributed by atoms with Gasteiger partial charge in [-0.05, 0) is 62.0 Å². The van der Waals surface area contributed by atoms with Gasteiger partial charge < -0.3 is 19.7 Å². The summed E-state index contributed by atoms with van der Waals surface area (Å²) in [6, 6.07) is 8.70. The van der Waals surface area contributed by atoms with E-state index < -0.39 is 6.04 Å². The molecular formula is C28H32N4O4. The number of benzene rings is 1. The fourth-order valence-electron chi connectivity index (χ4n) is 4.91. The number of carbonyl (C=O) groups excluding carboxylic acids is 3. The van der Waals surface area contributed by atoms with Crippen molar-refractivity contribution in [3.05, 3.63) is 58.9 Å². The van der Waals surface area contributed by atoms with Crippen LogP contribution in [0.1, 0.15) is 52.9 Å². The molecule has 1 fully saturated rings. The molecule has 0 saturated carbocycles. The van der Waals surface area contributed by atoms with Gasteiger partial charge in [0.2, 0.25) is 5.91 Å². The van der Waals surface area contributed by atoms with Gasteiger partial charge in [0.1, 0.15) is 23.8 Å². The van der Waals surface area contributed by atoms with Gasteiger partial charge in [0, 0.05) is 37.3 Å². The Kier molecular flexibility index (Phi) is 8.34. The second-order valence-electron chi connectivity index (χ2n) is 9.32. The van der Waals surface area contributed by atoms with Crippen LogP contribution < -0.4 is 10.1 Å². The maximum Gasteiger partial charge on any atom is 0.255 e. The summed E-state index contributed by atoms with van der Waals surface area (Å²) in [4.78, 5) is 44.6. The largest absolute Gasteiger partial charge is 0.493 e. The number of nitrogens with zero attached hydrogens (tertiary/aromatic N) is 3. The van der Waals surface area contributed by atoms with Crippen molar-refractivity contribution in [3.63, 3.8) is 0 Å². The van der Waals surface area contributed by atoms with Crippen molar-refractivity contribution in [2.45, 2.75) is 44.8 Å². The molecule has 2 aliphatic heterocycles. The molecule has 188 valence electrons. The number of likely N-dealkylation sites (tertiary alicyclic amines) is 1. The van der Waals surface area contributed by atoms with Gasteiger partial charge in [-0.2, -0.15) is 0 Å². The standard InChI is InChI=1S/C28H32N4O4/c1-3-22-10-9-21(16-30-22)17-31-13-11-20(12-14-31)19-36-26-8-4-6-23-24(26)18-32(28(23)35)25(7-5-15-33)27(34)29-2/h1,4,6,8-10,15-16,20,25H,5,7,11-14,17-19H2,2H3,(H,29,34). The smallest absolute Gasteiger partial charge is 0.255 e. The van der Waals surface area contributed by atoms with Crippen molar-refractivity contribution in [2.24, 2.45) is 5.92 Å². The molecule has 2 aromatic rings. The zero-order chi connectivity index (χ0) is 25.5. The van der Waals surface area contributed by atoms with E-state index in [0.717, 1.165) is 49.9 Å². The highest BCUT2D eigenvalue weighted by molar-refractivity contribution is 6.01. The van der Waals surface area contributed by atoms with E-state index in [4.69, 9.17) is 11.2 Å². The van der Waals surface area contributed by atoms with E-state index in [1.807, 2.05) is 30.5 Å². The summed E-state index contributed by atoms with van der Waals surface area (Å²) in [7, 11) is 1.54. The van der Waals surface area contributed by atoms with E-state index in [1.165, 1.54) is 7.05 Å². The first kappa shape index (κ1) is 25.4. The molecule has 0 spiro atoms. The summed E-state index contributed by atoms with van der Waals surface area (Å²) < 4.78 is 6.23. The molecule has 1 N–H and O–H groups in total. The van der Waals surface area contributed by atoms with Crippen molar-refractivity contribution in [1.82, 2.24) is 20.1 Å². The van der Waals surface area contributed by atoms with Crippen LogP contribution in [0.3, 0.4) is 0 Å². The number of likely N-dealkylation sites (N-methyl/N-ethyl adjacent to an activating group) is 1. The topological polar surface area (TPSA) is 91.8 Å². The van der Waals surface area contributed by atoms with E-state index in [9.17, 15) is 14.4 Å². The minimum absolute atomic E-state index is 0.201. The molecule has 1 atom stereocenters. The van der Waals surface area contributed by atoms with E-state index in [1.54, 1.807) is 11.0 Å². The quantitative estimate of drug-likeness (QED) is 0.408. The average Bonchev–Trinajstić information content (AvgIpc) is 3.25. The van der Waals surface area contributed by atoms with Crippen LogP contribution in [0, 0.1) is 18.3 Å². The van der Waals surface area contributed by atoms with Crippen molar-refractivity contribution < 1.29 is 19.1 Å². The summed E-state index contributed by atoms with van der Waals surface area (Å²) in [6.45, 7) is 3.70. The first-order chi connectivity index (χ1) is 17.5. The molecule has 8 heteroatoms.